The fraction of sp³-hybridized carbons (Fsp3) is 0.278. The fourth-order valence-corrected chi connectivity index (χ4v) is 3.30. The molecule has 3 rings (SSSR count). The molecule has 1 aliphatic heterocycles. The number of aromatic nitrogens is 1. The molecule has 1 atom stereocenters. The van der Waals surface area contributed by atoms with Gasteiger partial charge in [0.25, 0.3) is 5.24 Å². The molecule has 1 fully saturated rings. The average Bonchev–Trinajstić information content (AvgIpc) is 2.90. The quantitative estimate of drug-likeness (QED) is 0.742. The van der Waals surface area contributed by atoms with Gasteiger partial charge in [-0.2, -0.15) is 0 Å². The molecular formula is C18H19N3O3S. The summed E-state index contributed by atoms with van der Waals surface area (Å²) in [6, 6.07) is 11.5. The van der Waals surface area contributed by atoms with Gasteiger partial charge in [0.1, 0.15) is 18.2 Å². The lowest BCUT2D eigenvalue weighted by Gasteiger charge is -2.10. The Kier molecular flexibility index (Phi) is 5.55. The van der Waals surface area contributed by atoms with E-state index in [0.29, 0.717) is 19.6 Å². The number of nitrogens with one attached hydrogen (secondary N) is 2. The van der Waals surface area contributed by atoms with E-state index < -0.39 is 0 Å². The maximum atomic E-state index is 11.6. The highest BCUT2D eigenvalue weighted by molar-refractivity contribution is 8.15. The number of amides is 2. The fourth-order valence-electron chi connectivity index (χ4n) is 2.44. The van der Waals surface area contributed by atoms with Crippen LogP contribution >= 0.6 is 11.8 Å². The van der Waals surface area contributed by atoms with Crippen LogP contribution in [0.4, 0.5) is 10.6 Å². The summed E-state index contributed by atoms with van der Waals surface area (Å²) in [5, 5.41) is 4.89. The SMILES string of the molecule is Cc1ccnc(NCCOc2ccc(CC3SC(=O)NC3=O)cc2)c1. The Balaban J connectivity index is 1.43. The van der Waals surface area contributed by atoms with Gasteiger partial charge in [-0.3, -0.25) is 14.9 Å². The minimum absolute atomic E-state index is 0.217. The molecule has 0 saturated carbocycles. The second-order valence-corrected chi connectivity index (χ2v) is 6.90. The topological polar surface area (TPSA) is 80.3 Å². The van der Waals surface area contributed by atoms with Crippen LogP contribution in [0, 0.1) is 6.92 Å². The molecule has 0 aliphatic carbocycles. The second kappa shape index (κ2) is 8.02. The van der Waals surface area contributed by atoms with Crippen LogP contribution in [0.1, 0.15) is 11.1 Å². The summed E-state index contributed by atoms with van der Waals surface area (Å²) in [6.45, 7) is 3.19. The third kappa shape index (κ3) is 4.96. The lowest BCUT2D eigenvalue weighted by Crippen LogP contribution is -2.25. The van der Waals surface area contributed by atoms with Gasteiger partial charge < -0.3 is 10.1 Å². The van der Waals surface area contributed by atoms with Crippen molar-refractivity contribution in [2.45, 2.75) is 18.6 Å². The summed E-state index contributed by atoms with van der Waals surface area (Å²) in [7, 11) is 0. The summed E-state index contributed by atoms with van der Waals surface area (Å²) >= 11 is 1.04. The van der Waals surface area contributed by atoms with E-state index in [0.717, 1.165) is 34.5 Å². The molecule has 1 aromatic heterocycles. The largest absolute Gasteiger partial charge is 0.492 e. The maximum Gasteiger partial charge on any atom is 0.286 e. The van der Waals surface area contributed by atoms with Crippen LogP contribution in [-0.2, 0) is 11.2 Å². The number of carbonyl (C=O) groups excluding carboxylic acids is 2. The minimum atomic E-state index is -0.342. The molecule has 1 aromatic carbocycles. The number of rotatable bonds is 7. The van der Waals surface area contributed by atoms with Crippen molar-refractivity contribution in [2.24, 2.45) is 0 Å². The van der Waals surface area contributed by atoms with Gasteiger partial charge in [-0.05, 0) is 48.7 Å². The first-order chi connectivity index (χ1) is 12.1. The third-order valence-corrected chi connectivity index (χ3v) is 4.69. The maximum absolute atomic E-state index is 11.6. The molecule has 1 saturated heterocycles. The number of nitrogens with zero attached hydrogens (tertiary/aromatic N) is 1. The Bertz CT molecular complexity index is 764. The highest BCUT2D eigenvalue weighted by Gasteiger charge is 2.31. The molecule has 6 nitrogen and oxygen atoms in total. The van der Waals surface area contributed by atoms with Gasteiger partial charge in [-0.25, -0.2) is 4.98 Å². The van der Waals surface area contributed by atoms with Crippen molar-refractivity contribution in [1.29, 1.82) is 0 Å². The van der Waals surface area contributed by atoms with E-state index in [1.165, 1.54) is 0 Å². The van der Waals surface area contributed by atoms with Crippen molar-refractivity contribution in [3.8, 4) is 5.75 Å². The van der Waals surface area contributed by atoms with Crippen LogP contribution < -0.4 is 15.4 Å². The molecule has 2 N–H and O–H groups in total. The van der Waals surface area contributed by atoms with Gasteiger partial charge in [0.05, 0.1) is 11.8 Å². The predicted molar refractivity (Wildman–Crippen MR) is 98.0 cm³/mol. The first kappa shape index (κ1) is 17.3. The number of ether oxygens (including phenoxy) is 1. The van der Waals surface area contributed by atoms with E-state index in [9.17, 15) is 9.59 Å². The lowest BCUT2D eigenvalue weighted by atomic mass is 10.1. The van der Waals surface area contributed by atoms with Crippen LogP contribution in [0.3, 0.4) is 0 Å². The van der Waals surface area contributed by atoms with Crippen LogP contribution in [0.25, 0.3) is 0 Å². The number of thioether (sulfide) groups is 1. The number of carbonyl (C=O) groups is 2. The lowest BCUT2D eigenvalue weighted by molar-refractivity contribution is -0.118. The Morgan fingerprint density at radius 3 is 2.72 bits per heavy atom. The molecule has 2 amide bonds. The molecule has 7 heteroatoms. The molecule has 2 aromatic rings. The van der Waals surface area contributed by atoms with Crippen molar-refractivity contribution < 1.29 is 14.3 Å². The van der Waals surface area contributed by atoms with Crippen LogP contribution in [0.5, 0.6) is 5.75 Å². The first-order valence-electron chi connectivity index (χ1n) is 8.00. The van der Waals surface area contributed by atoms with E-state index in [2.05, 4.69) is 15.6 Å². The van der Waals surface area contributed by atoms with Crippen molar-refractivity contribution >= 4 is 28.7 Å². The van der Waals surface area contributed by atoms with Crippen molar-refractivity contribution in [3.05, 3.63) is 53.7 Å². The van der Waals surface area contributed by atoms with E-state index in [1.807, 2.05) is 43.3 Å². The van der Waals surface area contributed by atoms with Crippen molar-refractivity contribution in [2.75, 3.05) is 18.5 Å². The highest BCUT2D eigenvalue weighted by atomic mass is 32.2. The van der Waals surface area contributed by atoms with E-state index in [-0.39, 0.29) is 16.4 Å². The Labute approximate surface area is 150 Å². The third-order valence-electron chi connectivity index (χ3n) is 3.70. The van der Waals surface area contributed by atoms with Gasteiger partial charge in [0.2, 0.25) is 5.91 Å². The zero-order chi connectivity index (χ0) is 17.6. The molecule has 25 heavy (non-hydrogen) atoms. The monoisotopic (exact) mass is 357 g/mol. The zero-order valence-electron chi connectivity index (χ0n) is 13.8. The van der Waals surface area contributed by atoms with E-state index >= 15 is 0 Å². The summed E-state index contributed by atoms with van der Waals surface area (Å²) < 4.78 is 5.69. The molecule has 1 aliphatic rings. The number of aryl methyl sites for hydroxylation is 1. The normalized spacial score (nSPS) is 16.6. The Morgan fingerprint density at radius 1 is 1.24 bits per heavy atom. The van der Waals surface area contributed by atoms with Gasteiger partial charge >= 0.3 is 0 Å². The number of benzene rings is 1. The molecular weight excluding hydrogens is 338 g/mol. The summed E-state index contributed by atoms with van der Waals surface area (Å²) in [4.78, 5) is 27.0. The minimum Gasteiger partial charge on any atom is -0.492 e. The van der Waals surface area contributed by atoms with E-state index in [4.69, 9.17) is 4.74 Å². The molecule has 2 heterocycles. The van der Waals surface area contributed by atoms with Crippen LogP contribution in [-0.4, -0.2) is 34.5 Å². The Hall–Kier alpha value is -2.54. The number of imide groups is 1. The number of anilines is 1. The molecule has 0 radical (unpaired) electrons. The molecule has 1 unspecified atom stereocenters. The summed E-state index contributed by atoms with van der Waals surface area (Å²) in [5.41, 5.74) is 2.15. The summed E-state index contributed by atoms with van der Waals surface area (Å²) in [6.07, 6.45) is 2.30. The Morgan fingerprint density at radius 2 is 2.04 bits per heavy atom. The standard InChI is InChI=1S/C18H19N3O3S/c1-12-6-7-19-16(10-12)20-8-9-24-14-4-2-13(3-5-14)11-15-17(22)21-18(23)25-15/h2-7,10,15H,8-9,11H2,1H3,(H,19,20)(H,21,22,23). The summed E-state index contributed by atoms with van der Waals surface area (Å²) in [5.74, 6) is 1.38. The highest BCUT2D eigenvalue weighted by Crippen LogP contribution is 2.23. The molecule has 0 bridgehead atoms. The average molecular weight is 357 g/mol. The zero-order valence-corrected chi connectivity index (χ0v) is 14.6. The predicted octanol–water partition coefficient (Wildman–Crippen LogP) is 2.78. The number of hydrogen-bond acceptors (Lipinski definition) is 6. The smallest absolute Gasteiger partial charge is 0.286 e. The van der Waals surface area contributed by atoms with E-state index in [1.54, 1.807) is 6.20 Å². The van der Waals surface area contributed by atoms with Gasteiger partial charge in [0.15, 0.2) is 0 Å². The number of hydrogen-bond donors (Lipinski definition) is 2. The number of pyridine rings is 1. The van der Waals surface area contributed by atoms with Crippen molar-refractivity contribution in [3.63, 3.8) is 0 Å². The van der Waals surface area contributed by atoms with Gasteiger partial charge in [-0.1, -0.05) is 23.9 Å². The van der Waals surface area contributed by atoms with Gasteiger partial charge in [0, 0.05) is 6.20 Å². The molecule has 130 valence electrons. The molecule has 0 spiro atoms. The second-order valence-electron chi connectivity index (χ2n) is 5.72. The van der Waals surface area contributed by atoms with Gasteiger partial charge in [-0.15, -0.1) is 0 Å². The van der Waals surface area contributed by atoms with Crippen LogP contribution in [0.2, 0.25) is 0 Å². The van der Waals surface area contributed by atoms with Crippen molar-refractivity contribution in [1.82, 2.24) is 10.3 Å². The van der Waals surface area contributed by atoms with Crippen LogP contribution in [0.15, 0.2) is 42.6 Å². The first-order valence-corrected chi connectivity index (χ1v) is 8.88.